The number of rotatable bonds is 5. The van der Waals surface area contributed by atoms with E-state index in [2.05, 4.69) is 16.9 Å². The van der Waals surface area contributed by atoms with Gasteiger partial charge >= 0.3 is 0 Å². The van der Waals surface area contributed by atoms with Gasteiger partial charge in [-0.3, -0.25) is 4.79 Å². The van der Waals surface area contributed by atoms with Crippen LogP contribution in [0.3, 0.4) is 0 Å². The van der Waals surface area contributed by atoms with Crippen LogP contribution in [0.15, 0.2) is 47.2 Å². The minimum absolute atomic E-state index is 0.183. The molecule has 1 saturated heterocycles. The summed E-state index contributed by atoms with van der Waals surface area (Å²) in [5, 5.41) is 5.94. The number of benzene rings is 1. The van der Waals surface area contributed by atoms with Gasteiger partial charge in [-0.25, -0.2) is 13.4 Å². The Morgan fingerprint density at radius 2 is 1.77 bits per heavy atom. The minimum Gasteiger partial charge on any atom is -0.349 e. The van der Waals surface area contributed by atoms with Gasteiger partial charge in [0.05, 0.1) is 15.6 Å². The fraction of sp³-hybridized carbons (Fsp3) is 0.455. The molecule has 0 aliphatic carbocycles. The van der Waals surface area contributed by atoms with Crippen molar-refractivity contribution in [3.8, 4) is 11.3 Å². The van der Waals surface area contributed by atoms with Gasteiger partial charge in [-0.2, -0.15) is 4.31 Å². The number of nitrogens with zero attached hydrogens (tertiary/aromatic N) is 2. The van der Waals surface area contributed by atoms with E-state index in [4.69, 9.17) is 0 Å². The highest BCUT2D eigenvalue weighted by Crippen LogP contribution is 2.42. The Morgan fingerprint density at radius 1 is 1.20 bits per heavy atom. The van der Waals surface area contributed by atoms with Gasteiger partial charge in [0.15, 0.2) is 0 Å². The Kier molecular flexibility index (Phi) is 5.97. The number of nitrogens with one attached hydrogen (secondary N) is 1. The monoisotopic (exact) mass is 447 g/mol. The molecule has 2 aromatic rings. The number of sulfonamides is 1. The summed E-state index contributed by atoms with van der Waals surface area (Å²) >= 11 is 1.56. The second-order valence-electron chi connectivity index (χ2n) is 9.17. The number of piperidine rings is 1. The molecule has 0 atom stereocenters. The van der Waals surface area contributed by atoms with Crippen LogP contribution in [0.4, 0.5) is 0 Å². The number of hydrogen-bond acceptors (Lipinski definition) is 5. The van der Waals surface area contributed by atoms with Gasteiger partial charge in [-0.1, -0.05) is 46.4 Å². The van der Waals surface area contributed by atoms with E-state index < -0.39 is 20.9 Å². The molecule has 1 amide bonds. The molecule has 1 fully saturated rings. The minimum atomic E-state index is -3.67. The molecule has 0 bridgehead atoms. The maximum Gasteiger partial charge on any atom is 0.243 e. The van der Waals surface area contributed by atoms with Crippen molar-refractivity contribution in [1.82, 2.24) is 14.6 Å². The third-order valence-corrected chi connectivity index (χ3v) is 8.19. The van der Waals surface area contributed by atoms with Crippen LogP contribution in [0.25, 0.3) is 11.3 Å². The van der Waals surface area contributed by atoms with Gasteiger partial charge in [-0.05, 0) is 36.0 Å². The maximum absolute atomic E-state index is 13.4. The lowest BCUT2D eigenvalue weighted by molar-refractivity contribution is -0.120. The Bertz CT molecular complexity index is 1040. The van der Waals surface area contributed by atoms with Gasteiger partial charge in [0, 0.05) is 30.1 Å². The largest absolute Gasteiger partial charge is 0.349 e. The van der Waals surface area contributed by atoms with E-state index in [0.717, 1.165) is 16.3 Å². The Balaban J connectivity index is 1.88. The highest BCUT2D eigenvalue weighted by molar-refractivity contribution is 7.89. The van der Waals surface area contributed by atoms with Gasteiger partial charge in [-0.15, -0.1) is 11.3 Å². The smallest absolute Gasteiger partial charge is 0.243 e. The van der Waals surface area contributed by atoms with Gasteiger partial charge in [0.2, 0.25) is 15.9 Å². The molecular formula is C22H29N3O3S2. The van der Waals surface area contributed by atoms with Crippen LogP contribution in [0.5, 0.6) is 0 Å². The summed E-state index contributed by atoms with van der Waals surface area (Å²) in [5.74, 6) is -0.245. The zero-order chi connectivity index (χ0) is 22.3. The van der Waals surface area contributed by atoms with Crippen molar-refractivity contribution in [1.29, 1.82) is 0 Å². The molecule has 0 unspecified atom stereocenters. The standard InChI is InChI=1S/C22H29N3O3S2/c1-7-19(26)24-20-21(3,4)13-25(14-22(20,5)6)30(27,28)17-10-8-16(9-11-17)18-12-29-15(2)23-18/h7-12,20H,1,13-14H2,2-6H3,(H,24,26). The second-order valence-corrected chi connectivity index (χ2v) is 12.2. The average Bonchev–Trinajstić information content (AvgIpc) is 3.10. The number of carbonyl (C=O) groups is 1. The van der Waals surface area contributed by atoms with Crippen molar-refractivity contribution in [2.24, 2.45) is 10.8 Å². The van der Waals surface area contributed by atoms with Crippen LogP contribution < -0.4 is 5.32 Å². The van der Waals surface area contributed by atoms with Crippen molar-refractivity contribution < 1.29 is 13.2 Å². The summed E-state index contributed by atoms with van der Waals surface area (Å²) in [6, 6.07) is 6.71. The zero-order valence-corrected chi connectivity index (χ0v) is 19.7. The first kappa shape index (κ1) is 22.7. The lowest BCUT2D eigenvalue weighted by atomic mass is 9.67. The number of aromatic nitrogens is 1. The van der Waals surface area contributed by atoms with Crippen molar-refractivity contribution in [2.75, 3.05) is 13.1 Å². The van der Waals surface area contributed by atoms with Crippen molar-refractivity contribution in [3.63, 3.8) is 0 Å². The van der Waals surface area contributed by atoms with Crippen LogP contribution >= 0.6 is 11.3 Å². The lowest BCUT2D eigenvalue weighted by Crippen LogP contribution is -2.64. The molecule has 1 aliphatic heterocycles. The van der Waals surface area contributed by atoms with E-state index >= 15 is 0 Å². The molecule has 0 spiro atoms. The second kappa shape index (κ2) is 7.90. The molecule has 2 heterocycles. The van der Waals surface area contributed by atoms with Crippen LogP contribution in [0, 0.1) is 17.8 Å². The Morgan fingerprint density at radius 3 is 2.23 bits per heavy atom. The highest BCUT2D eigenvalue weighted by atomic mass is 32.2. The fourth-order valence-corrected chi connectivity index (χ4v) is 6.82. The van der Waals surface area contributed by atoms with Crippen LogP contribution in [0.1, 0.15) is 32.7 Å². The summed E-state index contributed by atoms with van der Waals surface area (Å²) in [7, 11) is -3.67. The summed E-state index contributed by atoms with van der Waals surface area (Å²) in [4.78, 5) is 16.7. The molecule has 30 heavy (non-hydrogen) atoms. The molecule has 8 heteroatoms. The van der Waals surface area contributed by atoms with Crippen molar-refractivity contribution in [2.45, 2.75) is 45.6 Å². The third-order valence-electron chi connectivity index (χ3n) is 5.61. The molecule has 0 saturated carbocycles. The maximum atomic E-state index is 13.4. The van der Waals surface area contributed by atoms with E-state index in [1.807, 2.05) is 40.0 Å². The topological polar surface area (TPSA) is 79.4 Å². The first-order chi connectivity index (χ1) is 13.9. The molecule has 1 aliphatic rings. The normalized spacial score (nSPS) is 19.4. The summed E-state index contributed by atoms with van der Waals surface area (Å²) < 4.78 is 28.4. The van der Waals surface area contributed by atoms with Crippen molar-refractivity contribution >= 4 is 27.3 Å². The summed E-state index contributed by atoms with van der Waals surface area (Å²) in [6.45, 7) is 14.0. The number of amides is 1. The third kappa shape index (κ3) is 4.36. The molecule has 6 nitrogen and oxygen atoms in total. The van der Waals surface area contributed by atoms with E-state index in [-0.39, 0.29) is 16.8 Å². The quantitative estimate of drug-likeness (QED) is 0.706. The molecule has 1 aromatic carbocycles. The van der Waals surface area contributed by atoms with Crippen molar-refractivity contribution in [3.05, 3.63) is 47.3 Å². The Hall–Kier alpha value is -2.03. The molecule has 0 radical (unpaired) electrons. The van der Waals surface area contributed by atoms with E-state index in [9.17, 15) is 13.2 Å². The summed E-state index contributed by atoms with van der Waals surface area (Å²) in [5.41, 5.74) is 0.837. The molecule has 162 valence electrons. The Labute approximate surface area is 183 Å². The number of aryl methyl sites for hydroxylation is 1. The summed E-state index contributed by atoms with van der Waals surface area (Å²) in [6.07, 6.45) is 1.25. The number of thiazole rings is 1. The molecule has 1 aromatic heterocycles. The van der Waals surface area contributed by atoms with Crippen LogP contribution in [0.2, 0.25) is 0 Å². The average molecular weight is 448 g/mol. The first-order valence-corrected chi connectivity index (χ1v) is 12.1. The van der Waals surface area contributed by atoms with Gasteiger partial charge in [0.25, 0.3) is 0 Å². The molecule has 1 N–H and O–H groups in total. The number of hydrogen-bond donors (Lipinski definition) is 1. The van der Waals surface area contributed by atoms with E-state index in [0.29, 0.717) is 13.1 Å². The molecular weight excluding hydrogens is 418 g/mol. The van der Waals surface area contributed by atoms with Crippen LogP contribution in [-0.4, -0.2) is 42.7 Å². The fourth-order valence-electron chi connectivity index (χ4n) is 4.41. The predicted molar refractivity (Wildman–Crippen MR) is 121 cm³/mol. The SMILES string of the molecule is C=CC(=O)NC1C(C)(C)CN(S(=O)(=O)c2ccc(-c3csc(C)n3)cc2)CC1(C)C. The highest BCUT2D eigenvalue weighted by Gasteiger charge is 2.50. The zero-order valence-electron chi connectivity index (χ0n) is 18.1. The van der Waals surface area contributed by atoms with Gasteiger partial charge < -0.3 is 5.32 Å². The number of carbonyl (C=O) groups excluding carboxylic acids is 1. The van der Waals surface area contributed by atoms with E-state index in [1.165, 1.54) is 10.4 Å². The van der Waals surface area contributed by atoms with E-state index in [1.54, 1.807) is 35.6 Å². The lowest BCUT2D eigenvalue weighted by Gasteiger charge is -2.52. The van der Waals surface area contributed by atoms with Crippen LogP contribution in [-0.2, 0) is 14.8 Å². The predicted octanol–water partition coefficient (Wildman–Crippen LogP) is 3.85. The van der Waals surface area contributed by atoms with Gasteiger partial charge in [0.1, 0.15) is 0 Å². The molecule has 3 rings (SSSR count). The first-order valence-electron chi connectivity index (χ1n) is 9.82.